The molecule has 2 aliphatic heterocycles. The zero-order chi connectivity index (χ0) is 16.5. The minimum absolute atomic E-state index is 0.212. The molecule has 2 aromatic rings. The van der Waals surface area contributed by atoms with Gasteiger partial charge in [-0.05, 0) is 37.1 Å². The average molecular weight is 327 g/mol. The van der Waals surface area contributed by atoms with E-state index in [9.17, 15) is 5.11 Å². The van der Waals surface area contributed by atoms with Gasteiger partial charge in [-0.2, -0.15) is 0 Å². The summed E-state index contributed by atoms with van der Waals surface area (Å²) < 4.78 is 6.18. The molecule has 5 nitrogen and oxygen atoms in total. The van der Waals surface area contributed by atoms with E-state index in [1.54, 1.807) is 6.20 Å². The van der Waals surface area contributed by atoms with E-state index in [-0.39, 0.29) is 5.60 Å². The van der Waals surface area contributed by atoms with E-state index in [1.807, 2.05) is 30.5 Å². The van der Waals surface area contributed by atoms with Crippen molar-refractivity contribution in [2.24, 2.45) is 0 Å². The van der Waals surface area contributed by atoms with Crippen molar-refractivity contribution in [1.29, 1.82) is 0 Å². The summed E-state index contributed by atoms with van der Waals surface area (Å²) in [5, 5.41) is 11.2. The van der Waals surface area contributed by atoms with Gasteiger partial charge in [0.25, 0.3) is 0 Å². The highest BCUT2D eigenvalue weighted by Crippen LogP contribution is 2.43. The van der Waals surface area contributed by atoms with Crippen molar-refractivity contribution in [3.05, 3.63) is 54.1 Å². The Morgan fingerprint density at radius 2 is 2.04 bits per heavy atom. The third-order valence-corrected chi connectivity index (χ3v) is 5.50. The Hall–Kier alpha value is -1.69. The molecule has 4 rings (SSSR count). The Kier molecular flexibility index (Phi) is 4.16. The number of aromatic amines is 1. The second kappa shape index (κ2) is 6.31. The van der Waals surface area contributed by atoms with Crippen molar-refractivity contribution in [1.82, 2.24) is 14.9 Å². The second-order valence-corrected chi connectivity index (χ2v) is 7.18. The molecule has 0 aromatic carbocycles. The van der Waals surface area contributed by atoms with Crippen LogP contribution in [-0.4, -0.2) is 45.3 Å². The molecule has 5 heteroatoms. The van der Waals surface area contributed by atoms with Gasteiger partial charge in [-0.25, -0.2) is 0 Å². The largest absolute Gasteiger partial charge is 0.383 e. The summed E-state index contributed by atoms with van der Waals surface area (Å²) in [4.78, 5) is 10.1. The van der Waals surface area contributed by atoms with Gasteiger partial charge in [0.05, 0.1) is 17.9 Å². The first kappa shape index (κ1) is 15.8. The molecule has 2 aromatic heterocycles. The third-order valence-electron chi connectivity index (χ3n) is 5.50. The fourth-order valence-electron chi connectivity index (χ4n) is 4.11. The maximum atomic E-state index is 11.2. The van der Waals surface area contributed by atoms with E-state index in [2.05, 4.69) is 20.9 Å². The summed E-state index contributed by atoms with van der Waals surface area (Å²) >= 11 is 0. The Morgan fingerprint density at radius 1 is 1.17 bits per heavy atom. The van der Waals surface area contributed by atoms with Crippen LogP contribution in [0.15, 0.2) is 42.7 Å². The molecular formula is C19H25N3O2. The normalized spacial score (nSPS) is 27.4. The SMILES string of the molecule is OC1(c2ccccn2)CCOC2(CCN(Cc3ccc[nH]3)CC2)C1. The molecule has 2 aliphatic rings. The summed E-state index contributed by atoms with van der Waals surface area (Å²) in [6, 6.07) is 9.93. The van der Waals surface area contributed by atoms with Crippen LogP contribution >= 0.6 is 0 Å². The molecule has 2 fully saturated rings. The molecule has 0 radical (unpaired) electrons. The van der Waals surface area contributed by atoms with Gasteiger partial charge >= 0.3 is 0 Å². The van der Waals surface area contributed by atoms with Crippen LogP contribution in [0, 0.1) is 0 Å². The maximum Gasteiger partial charge on any atom is 0.111 e. The summed E-state index contributed by atoms with van der Waals surface area (Å²) in [7, 11) is 0. The lowest BCUT2D eigenvalue weighted by Gasteiger charge is -2.49. The number of H-pyrrole nitrogens is 1. The number of hydrogen-bond acceptors (Lipinski definition) is 4. The number of pyridine rings is 1. The number of nitrogens with one attached hydrogen (secondary N) is 1. The molecule has 24 heavy (non-hydrogen) atoms. The van der Waals surface area contributed by atoms with Crippen molar-refractivity contribution in [3.8, 4) is 0 Å². The third kappa shape index (κ3) is 3.11. The summed E-state index contributed by atoms with van der Waals surface area (Å²) in [5.74, 6) is 0. The number of nitrogens with zero attached hydrogens (tertiary/aromatic N) is 2. The molecule has 0 bridgehead atoms. The van der Waals surface area contributed by atoms with Crippen LogP contribution in [0.4, 0.5) is 0 Å². The van der Waals surface area contributed by atoms with Gasteiger partial charge in [-0.1, -0.05) is 6.07 Å². The zero-order valence-electron chi connectivity index (χ0n) is 13.9. The number of rotatable bonds is 3. The van der Waals surface area contributed by atoms with Gasteiger partial charge in [0, 0.05) is 50.6 Å². The number of hydrogen-bond donors (Lipinski definition) is 2. The lowest BCUT2D eigenvalue weighted by atomic mass is 9.75. The van der Waals surface area contributed by atoms with Crippen LogP contribution in [0.5, 0.6) is 0 Å². The van der Waals surface area contributed by atoms with Crippen LogP contribution in [0.2, 0.25) is 0 Å². The van der Waals surface area contributed by atoms with Crippen molar-refractivity contribution < 1.29 is 9.84 Å². The van der Waals surface area contributed by atoms with Crippen LogP contribution < -0.4 is 0 Å². The lowest BCUT2D eigenvalue weighted by Crippen LogP contribution is -2.53. The first-order chi connectivity index (χ1) is 11.7. The van der Waals surface area contributed by atoms with E-state index in [0.717, 1.165) is 38.2 Å². The smallest absolute Gasteiger partial charge is 0.111 e. The van der Waals surface area contributed by atoms with E-state index in [1.165, 1.54) is 5.69 Å². The van der Waals surface area contributed by atoms with Gasteiger partial charge in [-0.15, -0.1) is 0 Å². The summed E-state index contributed by atoms with van der Waals surface area (Å²) in [5.41, 5.74) is 0.958. The van der Waals surface area contributed by atoms with Crippen LogP contribution in [-0.2, 0) is 16.9 Å². The van der Waals surface area contributed by atoms with Crippen LogP contribution in [0.3, 0.4) is 0 Å². The average Bonchev–Trinajstić information content (AvgIpc) is 3.11. The number of ether oxygens (including phenoxy) is 1. The molecule has 1 spiro atoms. The molecule has 128 valence electrons. The van der Waals surface area contributed by atoms with Gasteiger partial charge in [0.1, 0.15) is 5.60 Å². The van der Waals surface area contributed by atoms with E-state index in [4.69, 9.17) is 4.74 Å². The van der Waals surface area contributed by atoms with E-state index < -0.39 is 5.60 Å². The van der Waals surface area contributed by atoms with Crippen molar-refractivity contribution in [3.63, 3.8) is 0 Å². The highest BCUT2D eigenvalue weighted by atomic mass is 16.5. The molecular weight excluding hydrogens is 302 g/mol. The van der Waals surface area contributed by atoms with Gasteiger partial charge in [0.15, 0.2) is 0 Å². The molecule has 0 saturated carbocycles. The number of aliphatic hydroxyl groups is 1. The topological polar surface area (TPSA) is 61.4 Å². The Morgan fingerprint density at radius 3 is 2.75 bits per heavy atom. The minimum Gasteiger partial charge on any atom is -0.383 e. The monoisotopic (exact) mass is 327 g/mol. The van der Waals surface area contributed by atoms with Crippen LogP contribution in [0.1, 0.15) is 37.1 Å². The van der Waals surface area contributed by atoms with Crippen LogP contribution in [0.25, 0.3) is 0 Å². The van der Waals surface area contributed by atoms with Crippen molar-refractivity contribution in [2.75, 3.05) is 19.7 Å². The first-order valence-corrected chi connectivity index (χ1v) is 8.80. The Balaban J connectivity index is 1.43. The van der Waals surface area contributed by atoms with Crippen molar-refractivity contribution >= 4 is 0 Å². The minimum atomic E-state index is -0.860. The Bertz CT molecular complexity index is 651. The predicted molar refractivity (Wildman–Crippen MR) is 91.4 cm³/mol. The van der Waals surface area contributed by atoms with Gasteiger partial charge < -0.3 is 14.8 Å². The zero-order valence-corrected chi connectivity index (χ0v) is 13.9. The van der Waals surface area contributed by atoms with Gasteiger partial charge in [-0.3, -0.25) is 9.88 Å². The highest BCUT2D eigenvalue weighted by molar-refractivity contribution is 5.16. The molecule has 1 unspecified atom stereocenters. The quantitative estimate of drug-likeness (QED) is 0.909. The fraction of sp³-hybridized carbons (Fsp3) is 0.526. The number of aromatic nitrogens is 2. The van der Waals surface area contributed by atoms with Crippen molar-refractivity contribution in [2.45, 2.75) is 43.4 Å². The molecule has 0 aliphatic carbocycles. The molecule has 0 amide bonds. The summed E-state index contributed by atoms with van der Waals surface area (Å²) in [6.45, 7) is 3.55. The summed E-state index contributed by atoms with van der Waals surface area (Å²) in [6.07, 6.45) is 6.92. The molecule has 2 N–H and O–H groups in total. The molecule has 4 heterocycles. The van der Waals surface area contributed by atoms with E-state index in [0.29, 0.717) is 19.4 Å². The molecule has 2 saturated heterocycles. The Labute approximate surface area is 142 Å². The maximum absolute atomic E-state index is 11.2. The first-order valence-electron chi connectivity index (χ1n) is 8.80. The predicted octanol–water partition coefficient (Wildman–Crippen LogP) is 2.44. The number of piperidine rings is 1. The number of likely N-dealkylation sites (tertiary alicyclic amines) is 1. The van der Waals surface area contributed by atoms with Gasteiger partial charge in [0.2, 0.25) is 0 Å². The molecule has 1 atom stereocenters. The second-order valence-electron chi connectivity index (χ2n) is 7.18. The lowest BCUT2D eigenvalue weighted by molar-refractivity contribution is -0.183. The fourth-order valence-corrected chi connectivity index (χ4v) is 4.11. The highest BCUT2D eigenvalue weighted by Gasteiger charge is 2.47. The van der Waals surface area contributed by atoms with E-state index >= 15 is 0 Å². The standard InChI is InChI=1S/C19H25N3O2/c23-19(17-5-1-2-9-21-17)8-13-24-18(15-19)6-11-22(12-7-18)14-16-4-3-10-20-16/h1-5,9-10,20,23H,6-8,11-15H2.